The van der Waals surface area contributed by atoms with E-state index in [1.54, 1.807) is 12.3 Å². The molecule has 7 heteroatoms. The van der Waals surface area contributed by atoms with Crippen LogP contribution in [-0.2, 0) is 11.3 Å². The molecule has 1 aliphatic rings. The molecule has 0 spiro atoms. The van der Waals surface area contributed by atoms with Crippen molar-refractivity contribution in [3.8, 4) is 0 Å². The summed E-state index contributed by atoms with van der Waals surface area (Å²) in [5.74, 6) is -0.587. The summed E-state index contributed by atoms with van der Waals surface area (Å²) in [6, 6.07) is 7.20. The van der Waals surface area contributed by atoms with Crippen molar-refractivity contribution in [3.05, 3.63) is 58.6 Å². The largest absolute Gasteiger partial charge is 0.352 e. The summed E-state index contributed by atoms with van der Waals surface area (Å²) >= 11 is 5.96. The van der Waals surface area contributed by atoms with Crippen LogP contribution in [0.25, 0.3) is 0 Å². The Balaban J connectivity index is 1.57. The Labute approximate surface area is 157 Å². The average Bonchev–Trinajstić information content (AvgIpc) is 3.08. The molecule has 136 valence electrons. The molecule has 0 saturated heterocycles. The van der Waals surface area contributed by atoms with Gasteiger partial charge in [-0.1, -0.05) is 30.2 Å². The van der Waals surface area contributed by atoms with E-state index in [2.05, 4.69) is 20.6 Å². The summed E-state index contributed by atoms with van der Waals surface area (Å²) in [5.41, 5.74) is 1.96. The number of carbonyl (C=O) groups excluding carboxylic acids is 2. The zero-order valence-electron chi connectivity index (χ0n) is 14.5. The molecule has 3 rings (SSSR count). The first-order valence-corrected chi connectivity index (χ1v) is 9.02. The van der Waals surface area contributed by atoms with Crippen LogP contribution in [0.5, 0.6) is 0 Å². The standard InChI is InChI=1S/C19H21ClN4O2/c1-12-9-22-17(11-21-12)19(26)24-16-7-3-6-15(16)18(25)23-10-13-4-2-5-14(20)8-13/h2,4-5,8-9,11,15-16H,3,6-7,10H2,1H3,(H,23,25)(H,24,26)/t15-,16+/m0/s1. The number of nitrogens with zero attached hydrogens (tertiary/aromatic N) is 2. The van der Waals surface area contributed by atoms with Crippen LogP contribution in [0.15, 0.2) is 36.7 Å². The van der Waals surface area contributed by atoms with Gasteiger partial charge < -0.3 is 10.6 Å². The highest BCUT2D eigenvalue weighted by Gasteiger charge is 2.34. The van der Waals surface area contributed by atoms with Gasteiger partial charge in [-0.3, -0.25) is 14.6 Å². The van der Waals surface area contributed by atoms with E-state index in [-0.39, 0.29) is 29.5 Å². The third-order valence-electron chi connectivity index (χ3n) is 4.54. The first-order valence-electron chi connectivity index (χ1n) is 8.64. The molecule has 0 aliphatic heterocycles. The summed E-state index contributed by atoms with van der Waals surface area (Å²) in [5, 5.41) is 6.51. The van der Waals surface area contributed by atoms with E-state index in [4.69, 9.17) is 11.6 Å². The van der Waals surface area contributed by atoms with Crippen molar-refractivity contribution in [2.45, 2.75) is 38.8 Å². The third-order valence-corrected chi connectivity index (χ3v) is 4.77. The number of rotatable bonds is 5. The first kappa shape index (κ1) is 18.3. The Morgan fingerprint density at radius 3 is 2.81 bits per heavy atom. The summed E-state index contributed by atoms with van der Waals surface area (Å²) in [4.78, 5) is 33.1. The van der Waals surface area contributed by atoms with E-state index in [1.807, 2.05) is 25.1 Å². The number of benzene rings is 1. The maximum atomic E-state index is 12.6. The van der Waals surface area contributed by atoms with Gasteiger partial charge in [0.15, 0.2) is 0 Å². The monoisotopic (exact) mass is 372 g/mol. The highest BCUT2D eigenvalue weighted by atomic mass is 35.5. The van der Waals surface area contributed by atoms with Crippen molar-refractivity contribution < 1.29 is 9.59 Å². The van der Waals surface area contributed by atoms with Gasteiger partial charge in [0.1, 0.15) is 5.69 Å². The minimum Gasteiger partial charge on any atom is -0.352 e. The predicted molar refractivity (Wildman–Crippen MR) is 98.7 cm³/mol. The number of hydrogen-bond donors (Lipinski definition) is 2. The number of amides is 2. The predicted octanol–water partition coefficient (Wildman–Crippen LogP) is 2.65. The molecule has 1 aromatic heterocycles. The van der Waals surface area contributed by atoms with Gasteiger partial charge in [-0.2, -0.15) is 0 Å². The maximum absolute atomic E-state index is 12.6. The molecule has 1 heterocycles. The number of nitrogens with one attached hydrogen (secondary N) is 2. The van der Waals surface area contributed by atoms with E-state index in [9.17, 15) is 9.59 Å². The highest BCUT2D eigenvalue weighted by Crippen LogP contribution is 2.26. The van der Waals surface area contributed by atoms with Gasteiger partial charge in [-0.25, -0.2) is 4.98 Å². The van der Waals surface area contributed by atoms with Crippen LogP contribution < -0.4 is 10.6 Å². The molecule has 0 bridgehead atoms. The fourth-order valence-corrected chi connectivity index (χ4v) is 3.38. The number of carbonyl (C=O) groups is 2. The highest BCUT2D eigenvalue weighted by molar-refractivity contribution is 6.30. The summed E-state index contributed by atoms with van der Waals surface area (Å²) in [6.45, 7) is 2.23. The van der Waals surface area contributed by atoms with Crippen molar-refractivity contribution >= 4 is 23.4 Å². The minimum atomic E-state index is -0.294. The van der Waals surface area contributed by atoms with Gasteiger partial charge in [0.05, 0.1) is 17.8 Å². The van der Waals surface area contributed by atoms with Crippen LogP contribution in [0.1, 0.15) is 41.0 Å². The number of hydrogen-bond acceptors (Lipinski definition) is 4. The van der Waals surface area contributed by atoms with Crippen molar-refractivity contribution in [3.63, 3.8) is 0 Å². The number of halogens is 1. The van der Waals surface area contributed by atoms with Gasteiger partial charge in [0, 0.05) is 23.8 Å². The molecule has 2 atom stereocenters. The Bertz CT molecular complexity index is 794. The van der Waals surface area contributed by atoms with Gasteiger partial charge in [0.2, 0.25) is 5.91 Å². The molecule has 1 aliphatic carbocycles. The second-order valence-corrected chi connectivity index (χ2v) is 6.94. The Hall–Kier alpha value is -2.47. The SMILES string of the molecule is Cc1cnc(C(=O)N[C@@H]2CCC[C@@H]2C(=O)NCc2cccc(Cl)c2)cn1. The lowest BCUT2D eigenvalue weighted by Crippen LogP contribution is -2.44. The molecule has 2 aromatic rings. The van der Waals surface area contributed by atoms with Crippen LogP contribution in [0.2, 0.25) is 5.02 Å². The van der Waals surface area contributed by atoms with Crippen LogP contribution in [-0.4, -0.2) is 27.8 Å². The van der Waals surface area contributed by atoms with Gasteiger partial charge in [-0.15, -0.1) is 0 Å². The zero-order chi connectivity index (χ0) is 18.5. The lowest BCUT2D eigenvalue weighted by Gasteiger charge is -2.20. The van der Waals surface area contributed by atoms with Crippen molar-refractivity contribution in [1.82, 2.24) is 20.6 Å². The molecular formula is C19H21ClN4O2. The van der Waals surface area contributed by atoms with E-state index in [1.165, 1.54) is 6.20 Å². The van der Waals surface area contributed by atoms with Gasteiger partial charge >= 0.3 is 0 Å². The Morgan fingerprint density at radius 2 is 2.08 bits per heavy atom. The summed E-state index contributed by atoms with van der Waals surface area (Å²) in [6.07, 6.45) is 5.44. The van der Waals surface area contributed by atoms with Crippen molar-refractivity contribution in [2.75, 3.05) is 0 Å². The first-order chi connectivity index (χ1) is 12.5. The topological polar surface area (TPSA) is 84.0 Å². The lowest BCUT2D eigenvalue weighted by molar-refractivity contribution is -0.125. The molecule has 26 heavy (non-hydrogen) atoms. The van der Waals surface area contributed by atoms with Gasteiger partial charge in [0.25, 0.3) is 5.91 Å². The molecule has 2 amide bonds. The summed E-state index contributed by atoms with van der Waals surface area (Å²) in [7, 11) is 0. The quantitative estimate of drug-likeness (QED) is 0.845. The van der Waals surface area contributed by atoms with E-state index >= 15 is 0 Å². The molecular weight excluding hydrogens is 352 g/mol. The molecule has 1 fully saturated rings. The number of aryl methyl sites for hydroxylation is 1. The third kappa shape index (κ3) is 4.58. The maximum Gasteiger partial charge on any atom is 0.271 e. The van der Waals surface area contributed by atoms with Crippen LogP contribution in [0.3, 0.4) is 0 Å². The second kappa shape index (κ2) is 8.27. The van der Waals surface area contributed by atoms with E-state index in [0.717, 1.165) is 30.5 Å². The molecule has 1 aromatic carbocycles. The lowest BCUT2D eigenvalue weighted by atomic mass is 10.0. The molecule has 0 radical (unpaired) electrons. The average molecular weight is 373 g/mol. The molecule has 1 saturated carbocycles. The fraction of sp³-hybridized carbons (Fsp3) is 0.368. The molecule has 0 unspecified atom stereocenters. The fourth-order valence-electron chi connectivity index (χ4n) is 3.17. The van der Waals surface area contributed by atoms with E-state index < -0.39 is 0 Å². The normalized spacial score (nSPS) is 19.2. The van der Waals surface area contributed by atoms with Crippen molar-refractivity contribution in [1.29, 1.82) is 0 Å². The summed E-state index contributed by atoms with van der Waals surface area (Å²) < 4.78 is 0. The second-order valence-electron chi connectivity index (χ2n) is 6.51. The van der Waals surface area contributed by atoms with E-state index in [0.29, 0.717) is 11.6 Å². The smallest absolute Gasteiger partial charge is 0.271 e. The van der Waals surface area contributed by atoms with Crippen LogP contribution in [0.4, 0.5) is 0 Å². The zero-order valence-corrected chi connectivity index (χ0v) is 15.3. The Morgan fingerprint density at radius 1 is 1.23 bits per heavy atom. The van der Waals surface area contributed by atoms with Gasteiger partial charge in [-0.05, 0) is 37.5 Å². The molecule has 6 nitrogen and oxygen atoms in total. The van der Waals surface area contributed by atoms with Crippen molar-refractivity contribution in [2.24, 2.45) is 5.92 Å². The minimum absolute atomic E-state index is 0.0530. The Kier molecular flexibility index (Phi) is 5.83. The number of aromatic nitrogens is 2. The molecule has 2 N–H and O–H groups in total. The van der Waals surface area contributed by atoms with Crippen LogP contribution in [0, 0.1) is 12.8 Å². The van der Waals surface area contributed by atoms with Crippen LogP contribution >= 0.6 is 11.6 Å².